The summed E-state index contributed by atoms with van der Waals surface area (Å²) in [5.41, 5.74) is 4.58. The van der Waals surface area contributed by atoms with Crippen LogP contribution in [0.3, 0.4) is 0 Å². The first-order chi connectivity index (χ1) is 15.0. The monoisotopic (exact) mass is 416 g/mol. The number of benzene rings is 2. The molecule has 2 aromatic carbocycles. The Kier molecular flexibility index (Phi) is 5.84. The van der Waals surface area contributed by atoms with Crippen LogP contribution in [0.1, 0.15) is 38.6 Å². The van der Waals surface area contributed by atoms with Crippen LogP contribution < -0.4 is 10.1 Å². The largest absolute Gasteiger partial charge is 0.486 e. The normalized spacial score (nSPS) is 10.8. The van der Waals surface area contributed by atoms with Gasteiger partial charge >= 0.3 is 0 Å². The molecule has 7 nitrogen and oxygen atoms in total. The lowest BCUT2D eigenvalue weighted by molar-refractivity contribution is 0.0991. The highest BCUT2D eigenvalue weighted by Gasteiger charge is 2.14. The second-order valence-electron chi connectivity index (χ2n) is 7.52. The van der Waals surface area contributed by atoms with Crippen molar-refractivity contribution in [3.05, 3.63) is 94.7 Å². The molecule has 7 heteroatoms. The lowest BCUT2D eigenvalue weighted by atomic mass is 10.1. The van der Waals surface area contributed by atoms with Gasteiger partial charge in [0.15, 0.2) is 5.76 Å². The van der Waals surface area contributed by atoms with E-state index in [2.05, 4.69) is 21.5 Å². The molecule has 158 valence electrons. The van der Waals surface area contributed by atoms with Crippen molar-refractivity contribution in [1.29, 1.82) is 0 Å². The van der Waals surface area contributed by atoms with E-state index in [9.17, 15) is 4.79 Å². The summed E-state index contributed by atoms with van der Waals surface area (Å²) in [6.45, 7) is 6.90. The minimum atomic E-state index is -0.411. The third kappa shape index (κ3) is 5.19. The average molecular weight is 416 g/mol. The summed E-state index contributed by atoms with van der Waals surface area (Å²) in [6.07, 6.45) is 1.59. The van der Waals surface area contributed by atoms with Crippen molar-refractivity contribution in [1.82, 2.24) is 14.8 Å². The summed E-state index contributed by atoms with van der Waals surface area (Å²) >= 11 is 0. The van der Waals surface area contributed by atoms with Crippen molar-refractivity contribution in [3.8, 4) is 5.75 Å². The van der Waals surface area contributed by atoms with E-state index in [0.29, 0.717) is 12.3 Å². The molecule has 0 aliphatic heterocycles. The number of carbonyl (C=O) groups is 1. The van der Waals surface area contributed by atoms with Crippen molar-refractivity contribution in [2.45, 2.75) is 33.9 Å². The second kappa shape index (κ2) is 8.87. The summed E-state index contributed by atoms with van der Waals surface area (Å²) in [6, 6.07) is 17.4. The van der Waals surface area contributed by atoms with Crippen molar-refractivity contribution < 1.29 is 13.9 Å². The van der Waals surface area contributed by atoms with Gasteiger partial charge in [-0.3, -0.25) is 10.1 Å². The molecule has 4 aromatic rings. The number of hydrogen-bond acceptors (Lipinski definition) is 5. The Hall–Kier alpha value is -3.87. The molecule has 0 saturated heterocycles. The van der Waals surface area contributed by atoms with Gasteiger partial charge in [0.2, 0.25) is 5.95 Å². The van der Waals surface area contributed by atoms with Crippen LogP contribution in [0, 0.1) is 20.8 Å². The number of aromatic nitrogens is 3. The molecule has 0 atom stereocenters. The first-order valence-corrected chi connectivity index (χ1v) is 10.0. The minimum absolute atomic E-state index is 0.175. The fourth-order valence-corrected chi connectivity index (χ4v) is 3.30. The molecule has 0 fully saturated rings. The Bertz CT molecular complexity index is 1190. The molecule has 0 radical (unpaired) electrons. The SMILES string of the molecule is Cc1cc(C)cc(OCc2ccc(C(=O)Nc3ncn(Cc4ccccc4C)n3)o2)c1. The maximum Gasteiger partial charge on any atom is 0.293 e. The number of carbonyl (C=O) groups excluding carboxylic acids is 1. The molecule has 2 heterocycles. The number of nitrogens with zero attached hydrogens (tertiary/aromatic N) is 3. The van der Waals surface area contributed by atoms with Gasteiger partial charge in [-0.15, -0.1) is 5.10 Å². The smallest absolute Gasteiger partial charge is 0.293 e. The molecular formula is C24H24N4O3. The van der Waals surface area contributed by atoms with Crippen LogP contribution in [0.25, 0.3) is 0 Å². The van der Waals surface area contributed by atoms with Gasteiger partial charge in [-0.2, -0.15) is 0 Å². The highest BCUT2D eigenvalue weighted by atomic mass is 16.5. The predicted octanol–water partition coefficient (Wildman–Crippen LogP) is 4.68. The van der Waals surface area contributed by atoms with Crippen molar-refractivity contribution in [2.24, 2.45) is 0 Å². The maximum absolute atomic E-state index is 12.5. The van der Waals surface area contributed by atoms with Gasteiger partial charge in [-0.25, -0.2) is 9.67 Å². The highest BCUT2D eigenvalue weighted by molar-refractivity contribution is 6.01. The van der Waals surface area contributed by atoms with Crippen LogP contribution in [-0.2, 0) is 13.2 Å². The Morgan fingerprint density at radius 2 is 1.84 bits per heavy atom. The topological polar surface area (TPSA) is 82.2 Å². The van der Waals surface area contributed by atoms with E-state index in [4.69, 9.17) is 9.15 Å². The van der Waals surface area contributed by atoms with Gasteiger partial charge < -0.3 is 9.15 Å². The molecule has 4 rings (SSSR count). The first-order valence-electron chi connectivity index (χ1n) is 10.0. The Labute approximate surface area is 180 Å². The Morgan fingerprint density at radius 3 is 2.61 bits per heavy atom. The van der Waals surface area contributed by atoms with E-state index in [1.165, 1.54) is 5.56 Å². The van der Waals surface area contributed by atoms with Crippen molar-refractivity contribution in [2.75, 3.05) is 5.32 Å². The molecule has 0 unspecified atom stereocenters. The van der Waals surface area contributed by atoms with Crippen molar-refractivity contribution in [3.63, 3.8) is 0 Å². The van der Waals surface area contributed by atoms with E-state index in [1.807, 2.05) is 57.2 Å². The van der Waals surface area contributed by atoms with Gasteiger partial charge in [0.05, 0.1) is 6.54 Å². The Balaban J connectivity index is 1.35. The molecule has 31 heavy (non-hydrogen) atoms. The third-order valence-corrected chi connectivity index (χ3v) is 4.82. The fourth-order valence-electron chi connectivity index (χ4n) is 3.30. The average Bonchev–Trinajstić information content (AvgIpc) is 3.37. The van der Waals surface area contributed by atoms with Crippen LogP contribution in [0.15, 0.2) is 65.3 Å². The van der Waals surface area contributed by atoms with E-state index in [-0.39, 0.29) is 18.3 Å². The molecule has 1 amide bonds. The summed E-state index contributed by atoms with van der Waals surface area (Å²) in [7, 11) is 0. The standard InChI is InChI=1S/C24H24N4O3/c1-16-10-17(2)12-21(11-16)30-14-20-8-9-22(31-20)23(29)26-24-25-15-28(27-24)13-19-7-5-4-6-18(19)3/h4-12,15H,13-14H2,1-3H3,(H,26,27,29). The lowest BCUT2D eigenvalue weighted by Gasteiger charge is -2.06. The number of rotatable bonds is 7. The summed E-state index contributed by atoms with van der Waals surface area (Å²) in [4.78, 5) is 16.6. The molecule has 0 bridgehead atoms. The molecule has 1 N–H and O–H groups in total. The quantitative estimate of drug-likeness (QED) is 0.473. The number of nitrogens with one attached hydrogen (secondary N) is 1. The van der Waals surface area contributed by atoms with Crippen molar-refractivity contribution >= 4 is 11.9 Å². The lowest BCUT2D eigenvalue weighted by Crippen LogP contribution is -2.12. The van der Waals surface area contributed by atoms with E-state index >= 15 is 0 Å². The molecular weight excluding hydrogens is 392 g/mol. The van der Waals surface area contributed by atoms with Gasteiger partial charge in [-0.05, 0) is 67.3 Å². The molecule has 0 spiro atoms. The zero-order chi connectivity index (χ0) is 21.8. The zero-order valence-electron chi connectivity index (χ0n) is 17.8. The summed E-state index contributed by atoms with van der Waals surface area (Å²) in [5, 5.41) is 6.98. The number of ether oxygens (including phenoxy) is 1. The van der Waals surface area contributed by atoms with Crippen LogP contribution in [0.4, 0.5) is 5.95 Å². The van der Waals surface area contributed by atoms with Crippen LogP contribution in [0.2, 0.25) is 0 Å². The number of anilines is 1. The minimum Gasteiger partial charge on any atom is -0.486 e. The number of furan rings is 1. The van der Waals surface area contributed by atoms with Crippen LogP contribution in [0.5, 0.6) is 5.75 Å². The maximum atomic E-state index is 12.5. The van der Waals surface area contributed by atoms with Crippen LogP contribution >= 0.6 is 0 Å². The van der Waals surface area contributed by atoms with Gasteiger partial charge in [0.1, 0.15) is 24.4 Å². The summed E-state index contributed by atoms with van der Waals surface area (Å²) < 4.78 is 13.1. The predicted molar refractivity (Wildman–Crippen MR) is 117 cm³/mol. The zero-order valence-corrected chi connectivity index (χ0v) is 17.8. The fraction of sp³-hybridized carbons (Fsp3) is 0.208. The van der Waals surface area contributed by atoms with Gasteiger partial charge in [0.25, 0.3) is 5.91 Å². The highest BCUT2D eigenvalue weighted by Crippen LogP contribution is 2.19. The van der Waals surface area contributed by atoms with E-state index < -0.39 is 5.91 Å². The third-order valence-electron chi connectivity index (χ3n) is 4.82. The molecule has 0 aliphatic carbocycles. The number of hydrogen-bond donors (Lipinski definition) is 1. The van der Waals surface area contributed by atoms with E-state index in [1.54, 1.807) is 23.1 Å². The molecule has 0 saturated carbocycles. The van der Waals surface area contributed by atoms with Crippen LogP contribution in [-0.4, -0.2) is 20.7 Å². The second-order valence-corrected chi connectivity index (χ2v) is 7.52. The first kappa shape index (κ1) is 20.4. The molecule has 0 aliphatic rings. The van der Waals surface area contributed by atoms with E-state index in [0.717, 1.165) is 22.4 Å². The van der Waals surface area contributed by atoms with Gasteiger partial charge in [0, 0.05) is 0 Å². The molecule has 2 aromatic heterocycles. The number of amides is 1. The summed E-state index contributed by atoms with van der Waals surface area (Å²) in [5.74, 6) is 1.31. The van der Waals surface area contributed by atoms with Gasteiger partial charge in [-0.1, -0.05) is 30.3 Å². The Morgan fingerprint density at radius 1 is 1.06 bits per heavy atom. The number of aryl methyl sites for hydroxylation is 3.